The highest BCUT2D eigenvalue weighted by molar-refractivity contribution is 5.93. The molecule has 1 amide bonds. The van der Waals surface area contributed by atoms with Crippen LogP contribution in [0.25, 0.3) is 0 Å². The molecule has 5 heteroatoms. The van der Waals surface area contributed by atoms with Crippen molar-refractivity contribution in [3.63, 3.8) is 0 Å². The Morgan fingerprint density at radius 3 is 2.59 bits per heavy atom. The number of piperidine rings is 1. The average Bonchev–Trinajstić information content (AvgIpc) is 2.33. The number of amides is 1. The third-order valence-electron chi connectivity index (χ3n) is 2.87. The standard InChI is InChI=1S/C12H16N2O2.ClH/c15-11-4-2-1-3-10(11)14-12(16)9-5-7-13-8-6-9;/h1-4,9,13,15H,5-8H2,(H,14,16);1H. The van der Waals surface area contributed by atoms with Gasteiger partial charge in [-0.15, -0.1) is 12.4 Å². The highest BCUT2D eigenvalue weighted by Crippen LogP contribution is 2.23. The fourth-order valence-electron chi connectivity index (χ4n) is 1.90. The van der Waals surface area contributed by atoms with E-state index in [2.05, 4.69) is 10.6 Å². The molecule has 0 spiro atoms. The van der Waals surface area contributed by atoms with E-state index in [1.54, 1.807) is 24.3 Å². The van der Waals surface area contributed by atoms with Crippen molar-refractivity contribution in [3.8, 4) is 5.75 Å². The fraction of sp³-hybridized carbons (Fsp3) is 0.417. The van der Waals surface area contributed by atoms with Crippen molar-refractivity contribution >= 4 is 24.0 Å². The smallest absolute Gasteiger partial charge is 0.227 e. The molecule has 0 saturated carbocycles. The van der Waals surface area contributed by atoms with E-state index in [1.807, 2.05) is 0 Å². The summed E-state index contributed by atoms with van der Waals surface area (Å²) in [6.07, 6.45) is 1.72. The second kappa shape index (κ2) is 6.47. The molecule has 2 rings (SSSR count). The summed E-state index contributed by atoms with van der Waals surface area (Å²) in [6, 6.07) is 6.79. The highest BCUT2D eigenvalue weighted by atomic mass is 35.5. The minimum atomic E-state index is 0. The van der Waals surface area contributed by atoms with Crippen LogP contribution in [0.1, 0.15) is 12.8 Å². The number of para-hydroxylation sites is 2. The van der Waals surface area contributed by atoms with Crippen LogP contribution in [0.5, 0.6) is 5.75 Å². The van der Waals surface area contributed by atoms with Gasteiger partial charge in [0.1, 0.15) is 5.75 Å². The average molecular weight is 257 g/mol. The van der Waals surface area contributed by atoms with Gasteiger partial charge >= 0.3 is 0 Å². The number of hydrogen-bond donors (Lipinski definition) is 3. The van der Waals surface area contributed by atoms with Gasteiger partial charge in [0.2, 0.25) is 5.91 Å². The van der Waals surface area contributed by atoms with Crippen LogP contribution in [0.4, 0.5) is 5.69 Å². The highest BCUT2D eigenvalue weighted by Gasteiger charge is 2.21. The minimum Gasteiger partial charge on any atom is -0.506 e. The molecule has 1 aliphatic rings. The summed E-state index contributed by atoms with van der Waals surface area (Å²) in [5.74, 6) is 0.175. The van der Waals surface area contributed by atoms with Crippen molar-refractivity contribution in [1.82, 2.24) is 5.32 Å². The summed E-state index contributed by atoms with van der Waals surface area (Å²) >= 11 is 0. The first kappa shape index (κ1) is 13.8. The second-order valence-electron chi connectivity index (χ2n) is 4.03. The Bertz CT molecular complexity index is 379. The molecule has 0 atom stereocenters. The molecule has 1 aromatic carbocycles. The molecule has 1 fully saturated rings. The Hall–Kier alpha value is -1.26. The molecular weight excluding hydrogens is 240 g/mol. The van der Waals surface area contributed by atoms with Gasteiger partial charge in [-0.25, -0.2) is 0 Å². The number of phenols is 1. The first-order valence-electron chi connectivity index (χ1n) is 5.57. The maximum atomic E-state index is 11.9. The number of rotatable bonds is 2. The van der Waals surface area contributed by atoms with Gasteiger partial charge in [0, 0.05) is 5.92 Å². The zero-order chi connectivity index (χ0) is 11.4. The van der Waals surface area contributed by atoms with Gasteiger partial charge in [0.05, 0.1) is 5.69 Å². The van der Waals surface area contributed by atoms with Crippen molar-refractivity contribution in [1.29, 1.82) is 0 Å². The Morgan fingerprint density at radius 2 is 1.94 bits per heavy atom. The van der Waals surface area contributed by atoms with Gasteiger partial charge in [-0.3, -0.25) is 4.79 Å². The number of halogens is 1. The Kier molecular flexibility index (Phi) is 5.25. The maximum absolute atomic E-state index is 11.9. The lowest BCUT2D eigenvalue weighted by Gasteiger charge is -2.21. The fourth-order valence-corrected chi connectivity index (χ4v) is 1.90. The van der Waals surface area contributed by atoms with Crippen LogP contribution in [-0.4, -0.2) is 24.1 Å². The van der Waals surface area contributed by atoms with E-state index in [4.69, 9.17) is 0 Å². The molecule has 4 nitrogen and oxygen atoms in total. The molecule has 0 unspecified atom stereocenters. The third-order valence-corrected chi connectivity index (χ3v) is 2.87. The number of phenolic OH excluding ortho intramolecular Hbond substituents is 1. The van der Waals surface area contributed by atoms with Crippen molar-refractivity contribution in [3.05, 3.63) is 24.3 Å². The SMILES string of the molecule is Cl.O=C(Nc1ccccc1O)C1CCNCC1. The van der Waals surface area contributed by atoms with E-state index in [-0.39, 0.29) is 30.0 Å². The molecule has 0 aromatic heterocycles. The third kappa shape index (κ3) is 3.61. The molecule has 17 heavy (non-hydrogen) atoms. The normalized spacial score (nSPS) is 16.0. The Labute approximate surface area is 107 Å². The molecule has 3 N–H and O–H groups in total. The van der Waals surface area contributed by atoms with Gasteiger partial charge in [-0.2, -0.15) is 0 Å². The number of anilines is 1. The number of carbonyl (C=O) groups is 1. The largest absolute Gasteiger partial charge is 0.506 e. The number of aromatic hydroxyl groups is 1. The summed E-state index contributed by atoms with van der Waals surface area (Å²) in [7, 11) is 0. The predicted octanol–water partition coefficient (Wildman–Crippen LogP) is 1.75. The minimum absolute atomic E-state index is 0. The summed E-state index contributed by atoms with van der Waals surface area (Å²) in [5, 5.41) is 15.5. The zero-order valence-electron chi connectivity index (χ0n) is 9.48. The molecule has 1 saturated heterocycles. The number of hydrogen-bond acceptors (Lipinski definition) is 3. The topological polar surface area (TPSA) is 61.4 Å². The molecule has 0 aliphatic carbocycles. The molecule has 1 aliphatic heterocycles. The summed E-state index contributed by atoms with van der Waals surface area (Å²) in [4.78, 5) is 11.9. The van der Waals surface area contributed by atoms with E-state index < -0.39 is 0 Å². The Morgan fingerprint density at radius 1 is 1.29 bits per heavy atom. The molecule has 1 aromatic rings. The van der Waals surface area contributed by atoms with Gasteiger partial charge in [-0.05, 0) is 38.1 Å². The zero-order valence-corrected chi connectivity index (χ0v) is 10.3. The van der Waals surface area contributed by atoms with E-state index in [0.717, 1.165) is 25.9 Å². The number of nitrogens with one attached hydrogen (secondary N) is 2. The lowest BCUT2D eigenvalue weighted by Crippen LogP contribution is -2.34. The molecule has 1 heterocycles. The van der Waals surface area contributed by atoms with E-state index in [0.29, 0.717) is 5.69 Å². The van der Waals surface area contributed by atoms with Gasteiger partial charge in [0.25, 0.3) is 0 Å². The van der Waals surface area contributed by atoms with Gasteiger partial charge < -0.3 is 15.7 Å². The predicted molar refractivity (Wildman–Crippen MR) is 69.6 cm³/mol. The maximum Gasteiger partial charge on any atom is 0.227 e. The van der Waals surface area contributed by atoms with Crippen molar-refractivity contribution < 1.29 is 9.90 Å². The van der Waals surface area contributed by atoms with Gasteiger partial charge in [0.15, 0.2) is 0 Å². The lowest BCUT2D eigenvalue weighted by molar-refractivity contribution is -0.120. The van der Waals surface area contributed by atoms with Crippen LogP contribution in [-0.2, 0) is 4.79 Å². The van der Waals surface area contributed by atoms with Crippen LogP contribution in [0.2, 0.25) is 0 Å². The number of carbonyl (C=O) groups excluding carboxylic acids is 1. The monoisotopic (exact) mass is 256 g/mol. The molecular formula is C12H17ClN2O2. The Balaban J connectivity index is 0.00000144. The molecule has 94 valence electrons. The number of benzene rings is 1. The molecule has 0 radical (unpaired) electrons. The summed E-state index contributed by atoms with van der Waals surface area (Å²) < 4.78 is 0. The quantitative estimate of drug-likeness (QED) is 0.707. The van der Waals surface area contributed by atoms with Crippen molar-refractivity contribution in [2.24, 2.45) is 5.92 Å². The summed E-state index contributed by atoms with van der Waals surface area (Å²) in [6.45, 7) is 1.78. The van der Waals surface area contributed by atoms with Gasteiger partial charge in [-0.1, -0.05) is 12.1 Å². The summed E-state index contributed by atoms with van der Waals surface area (Å²) in [5.41, 5.74) is 0.492. The van der Waals surface area contributed by atoms with Crippen LogP contribution >= 0.6 is 12.4 Å². The van der Waals surface area contributed by atoms with Crippen LogP contribution in [0.3, 0.4) is 0 Å². The van der Waals surface area contributed by atoms with Crippen molar-refractivity contribution in [2.45, 2.75) is 12.8 Å². The lowest BCUT2D eigenvalue weighted by atomic mass is 9.97. The van der Waals surface area contributed by atoms with E-state index in [9.17, 15) is 9.90 Å². The second-order valence-corrected chi connectivity index (χ2v) is 4.03. The van der Waals surface area contributed by atoms with Crippen LogP contribution in [0.15, 0.2) is 24.3 Å². The van der Waals surface area contributed by atoms with E-state index >= 15 is 0 Å². The van der Waals surface area contributed by atoms with Crippen LogP contribution in [0, 0.1) is 5.92 Å². The first-order valence-corrected chi connectivity index (χ1v) is 5.57. The van der Waals surface area contributed by atoms with Crippen molar-refractivity contribution in [2.75, 3.05) is 18.4 Å². The van der Waals surface area contributed by atoms with Crippen LogP contribution < -0.4 is 10.6 Å². The molecule has 0 bridgehead atoms. The first-order chi connectivity index (χ1) is 7.77. The van der Waals surface area contributed by atoms with E-state index in [1.165, 1.54) is 0 Å².